The summed E-state index contributed by atoms with van der Waals surface area (Å²) in [6.45, 7) is 8.05. The molecule has 0 saturated carbocycles. The maximum Gasteiger partial charge on any atom is 0.231 e. The fraction of sp³-hybridized carbons (Fsp3) is 0.786. The number of anilines is 3. The van der Waals surface area contributed by atoms with Crippen LogP contribution in [-0.2, 0) is 0 Å². The first-order chi connectivity index (χ1) is 9.83. The minimum Gasteiger partial charge on any atom is -0.354 e. The molecule has 0 unspecified atom stereocenters. The molecule has 2 N–H and O–H groups in total. The van der Waals surface area contributed by atoms with Gasteiger partial charge in [-0.05, 0) is 32.6 Å². The van der Waals surface area contributed by atoms with E-state index in [2.05, 4.69) is 44.3 Å². The molecule has 1 aromatic heterocycles. The van der Waals surface area contributed by atoms with Crippen molar-refractivity contribution in [2.24, 2.45) is 0 Å². The van der Waals surface area contributed by atoms with E-state index < -0.39 is 0 Å². The molecule has 0 atom stereocenters. The summed E-state index contributed by atoms with van der Waals surface area (Å²) in [7, 11) is 0. The van der Waals surface area contributed by atoms with Crippen LogP contribution >= 0.6 is 0 Å². The highest BCUT2D eigenvalue weighted by molar-refractivity contribution is 5.43. The molecule has 2 rings (SSSR count). The lowest BCUT2D eigenvalue weighted by Gasteiger charge is -2.27. The van der Waals surface area contributed by atoms with Gasteiger partial charge in [0.1, 0.15) is 0 Å². The second-order valence-electron chi connectivity index (χ2n) is 5.14. The maximum atomic E-state index is 4.56. The first-order valence-electron chi connectivity index (χ1n) is 7.82. The number of rotatable bonds is 7. The minimum atomic E-state index is 0.669. The fourth-order valence-corrected chi connectivity index (χ4v) is 2.29. The molecule has 1 aromatic rings. The Bertz CT molecular complexity index is 403. The van der Waals surface area contributed by atoms with Crippen LogP contribution in [-0.4, -0.2) is 41.1 Å². The van der Waals surface area contributed by atoms with Crippen molar-refractivity contribution in [3.63, 3.8) is 0 Å². The third kappa shape index (κ3) is 4.21. The maximum absolute atomic E-state index is 4.56. The third-order valence-corrected chi connectivity index (χ3v) is 3.41. The smallest absolute Gasteiger partial charge is 0.231 e. The van der Waals surface area contributed by atoms with Crippen LogP contribution in [0.5, 0.6) is 0 Å². The molecule has 0 spiro atoms. The molecule has 2 heterocycles. The highest BCUT2D eigenvalue weighted by atomic mass is 15.3. The second kappa shape index (κ2) is 7.87. The molecule has 6 nitrogen and oxygen atoms in total. The van der Waals surface area contributed by atoms with Gasteiger partial charge in [0.15, 0.2) is 0 Å². The number of piperidine rings is 1. The highest BCUT2D eigenvalue weighted by Gasteiger charge is 2.15. The minimum absolute atomic E-state index is 0.669. The number of hydrogen-bond acceptors (Lipinski definition) is 6. The van der Waals surface area contributed by atoms with Crippen molar-refractivity contribution in [2.45, 2.75) is 46.0 Å². The van der Waals surface area contributed by atoms with E-state index in [1.165, 1.54) is 19.3 Å². The summed E-state index contributed by atoms with van der Waals surface area (Å²) in [5.74, 6) is 2.15. The van der Waals surface area contributed by atoms with E-state index in [4.69, 9.17) is 0 Å². The van der Waals surface area contributed by atoms with E-state index in [1.807, 2.05) is 0 Å². The predicted octanol–water partition coefficient (Wildman–Crippen LogP) is 2.51. The predicted molar refractivity (Wildman–Crippen MR) is 83.5 cm³/mol. The summed E-state index contributed by atoms with van der Waals surface area (Å²) < 4.78 is 0. The standard InChI is InChI=1S/C14H26N6/c1-3-5-9-16-13-17-12(15-4-2)18-14(19-13)20-10-7-6-8-11-20/h3-11H2,1-2H3,(H2,15,16,17,18,19). The highest BCUT2D eigenvalue weighted by Crippen LogP contribution is 2.18. The first kappa shape index (κ1) is 14.8. The van der Waals surface area contributed by atoms with Gasteiger partial charge in [-0.25, -0.2) is 0 Å². The fourth-order valence-electron chi connectivity index (χ4n) is 2.29. The zero-order chi connectivity index (χ0) is 14.2. The molecular weight excluding hydrogens is 252 g/mol. The van der Waals surface area contributed by atoms with Gasteiger partial charge in [-0.15, -0.1) is 0 Å². The van der Waals surface area contributed by atoms with Gasteiger partial charge < -0.3 is 15.5 Å². The second-order valence-corrected chi connectivity index (χ2v) is 5.14. The Kier molecular flexibility index (Phi) is 5.83. The lowest BCUT2D eigenvalue weighted by atomic mass is 10.1. The van der Waals surface area contributed by atoms with Crippen LogP contribution in [0.4, 0.5) is 17.8 Å². The number of aromatic nitrogens is 3. The first-order valence-corrected chi connectivity index (χ1v) is 7.82. The third-order valence-electron chi connectivity index (χ3n) is 3.41. The normalized spacial score (nSPS) is 15.2. The van der Waals surface area contributed by atoms with Crippen molar-refractivity contribution in [1.29, 1.82) is 0 Å². The molecule has 1 fully saturated rings. The van der Waals surface area contributed by atoms with Crippen LogP contribution in [0.3, 0.4) is 0 Å². The van der Waals surface area contributed by atoms with Crippen LogP contribution in [0.15, 0.2) is 0 Å². The van der Waals surface area contributed by atoms with Gasteiger partial charge in [-0.2, -0.15) is 15.0 Å². The number of hydrogen-bond donors (Lipinski definition) is 2. The molecular formula is C14H26N6. The molecule has 1 aliphatic heterocycles. The average Bonchev–Trinajstić information content (AvgIpc) is 2.49. The van der Waals surface area contributed by atoms with Crippen LogP contribution in [0.2, 0.25) is 0 Å². The Morgan fingerprint density at radius 3 is 2.30 bits per heavy atom. The van der Waals surface area contributed by atoms with Gasteiger partial charge in [-0.3, -0.25) is 0 Å². The van der Waals surface area contributed by atoms with Crippen molar-refractivity contribution in [3.05, 3.63) is 0 Å². The van der Waals surface area contributed by atoms with Crippen molar-refractivity contribution < 1.29 is 0 Å². The molecule has 0 bridgehead atoms. The van der Waals surface area contributed by atoms with E-state index in [-0.39, 0.29) is 0 Å². The summed E-state index contributed by atoms with van der Waals surface area (Å²) in [5, 5.41) is 6.48. The zero-order valence-electron chi connectivity index (χ0n) is 12.7. The van der Waals surface area contributed by atoms with E-state index in [9.17, 15) is 0 Å². The molecule has 112 valence electrons. The molecule has 20 heavy (non-hydrogen) atoms. The van der Waals surface area contributed by atoms with Crippen molar-refractivity contribution in [1.82, 2.24) is 15.0 Å². The Balaban J connectivity index is 2.11. The summed E-state index contributed by atoms with van der Waals surface area (Å²) >= 11 is 0. The molecule has 0 radical (unpaired) electrons. The molecule has 0 aliphatic carbocycles. The SMILES string of the molecule is CCCCNc1nc(NCC)nc(N2CCCCC2)n1. The Morgan fingerprint density at radius 2 is 1.65 bits per heavy atom. The van der Waals surface area contributed by atoms with Gasteiger partial charge in [0, 0.05) is 26.2 Å². The lowest BCUT2D eigenvalue weighted by Crippen LogP contribution is -2.31. The Labute approximate surface area is 121 Å². The van der Waals surface area contributed by atoms with Gasteiger partial charge in [0.2, 0.25) is 17.8 Å². The van der Waals surface area contributed by atoms with Crippen LogP contribution in [0.1, 0.15) is 46.0 Å². The van der Waals surface area contributed by atoms with Gasteiger partial charge in [0.05, 0.1) is 0 Å². The van der Waals surface area contributed by atoms with Gasteiger partial charge in [-0.1, -0.05) is 13.3 Å². The van der Waals surface area contributed by atoms with Crippen molar-refractivity contribution >= 4 is 17.8 Å². The molecule has 1 aliphatic rings. The zero-order valence-corrected chi connectivity index (χ0v) is 12.7. The van der Waals surface area contributed by atoms with Crippen LogP contribution < -0.4 is 15.5 Å². The summed E-state index contributed by atoms with van der Waals surface area (Å²) in [6, 6.07) is 0. The number of unbranched alkanes of at least 4 members (excludes halogenated alkanes) is 1. The topological polar surface area (TPSA) is 66.0 Å². The average molecular weight is 278 g/mol. The molecule has 1 saturated heterocycles. The summed E-state index contributed by atoms with van der Waals surface area (Å²) in [4.78, 5) is 15.8. The van der Waals surface area contributed by atoms with E-state index in [0.29, 0.717) is 11.9 Å². The monoisotopic (exact) mass is 278 g/mol. The number of nitrogens with one attached hydrogen (secondary N) is 2. The van der Waals surface area contributed by atoms with Gasteiger partial charge >= 0.3 is 0 Å². The van der Waals surface area contributed by atoms with E-state index in [1.54, 1.807) is 0 Å². The van der Waals surface area contributed by atoms with Gasteiger partial charge in [0.25, 0.3) is 0 Å². The number of nitrogens with zero attached hydrogens (tertiary/aromatic N) is 4. The van der Waals surface area contributed by atoms with Crippen molar-refractivity contribution in [3.8, 4) is 0 Å². The molecule has 0 aromatic carbocycles. The van der Waals surface area contributed by atoms with E-state index >= 15 is 0 Å². The lowest BCUT2D eigenvalue weighted by molar-refractivity contribution is 0.567. The summed E-state index contributed by atoms with van der Waals surface area (Å²) in [5.41, 5.74) is 0. The molecule has 6 heteroatoms. The Morgan fingerprint density at radius 1 is 0.950 bits per heavy atom. The van der Waals surface area contributed by atoms with E-state index in [0.717, 1.165) is 45.0 Å². The molecule has 0 amide bonds. The quantitative estimate of drug-likeness (QED) is 0.747. The van der Waals surface area contributed by atoms with Crippen LogP contribution in [0, 0.1) is 0 Å². The summed E-state index contributed by atoms with van der Waals surface area (Å²) in [6.07, 6.45) is 6.04. The largest absolute Gasteiger partial charge is 0.354 e. The van der Waals surface area contributed by atoms with Crippen LogP contribution in [0.25, 0.3) is 0 Å². The Hall–Kier alpha value is -1.59. The van der Waals surface area contributed by atoms with Crippen molar-refractivity contribution in [2.75, 3.05) is 41.7 Å².